The summed E-state index contributed by atoms with van der Waals surface area (Å²) in [6, 6.07) is 0.215. The molecular formula is C15H31NO3. The summed E-state index contributed by atoms with van der Waals surface area (Å²) in [4.78, 5) is 12.1. The summed E-state index contributed by atoms with van der Waals surface area (Å²) in [6.07, 6.45) is 0.625. The zero-order chi connectivity index (χ0) is 15.1. The van der Waals surface area contributed by atoms with E-state index in [9.17, 15) is 4.79 Å². The number of esters is 1. The van der Waals surface area contributed by atoms with Gasteiger partial charge < -0.3 is 9.47 Å². The van der Waals surface area contributed by atoms with Crippen LogP contribution in [0, 0.1) is 5.92 Å². The summed E-state index contributed by atoms with van der Waals surface area (Å²) in [5, 5.41) is 3.30. The maximum Gasteiger partial charge on any atom is 0.326 e. The van der Waals surface area contributed by atoms with Crippen molar-refractivity contribution < 1.29 is 14.3 Å². The van der Waals surface area contributed by atoms with Gasteiger partial charge in [-0.1, -0.05) is 13.8 Å². The summed E-state index contributed by atoms with van der Waals surface area (Å²) < 4.78 is 10.9. The Bertz CT molecular complexity index is 266. The Morgan fingerprint density at radius 1 is 1.21 bits per heavy atom. The van der Waals surface area contributed by atoms with Crippen molar-refractivity contribution in [3.63, 3.8) is 0 Å². The second-order valence-electron chi connectivity index (χ2n) is 6.09. The second kappa shape index (κ2) is 8.54. The molecule has 0 spiro atoms. The minimum Gasteiger partial charge on any atom is -0.465 e. The van der Waals surface area contributed by atoms with Gasteiger partial charge in [-0.25, -0.2) is 0 Å². The van der Waals surface area contributed by atoms with Crippen LogP contribution in [-0.4, -0.2) is 36.9 Å². The molecule has 0 saturated heterocycles. The molecule has 0 fully saturated rings. The lowest BCUT2D eigenvalue weighted by Gasteiger charge is -2.33. The fraction of sp³-hybridized carbons (Fsp3) is 0.933. The molecule has 0 aromatic rings. The third-order valence-electron chi connectivity index (χ3n) is 2.74. The van der Waals surface area contributed by atoms with Crippen LogP contribution in [-0.2, 0) is 14.3 Å². The van der Waals surface area contributed by atoms with Gasteiger partial charge in [0.15, 0.2) is 0 Å². The van der Waals surface area contributed by atoms with Crippen LogP contribution in [0.5, 0.6) is 0 Å². The number of nitrogens with one attached hydrogen (secondary N) is 1. The topological polar surface area (TPSA) is 47.6 Å². The Hall–Kier alpha value is -0.610. The van der Waals surface area contributed by atoms with E-state index in [-0.39, 0.29) is 18.1 Å². The Labute approximate surface area is 118 Å². The lowest BCUT2D eigenvalue weighted by Crippen LogP contribution is -2.55. The van der Waals surface area contributed by atoms with Gasteiger partial charge in [0.1, 0.15) is 5.54 Å². The van der Waals surface area contributed by atoms with E-state index in [1.54, 1.807) is 0 Å². The quantitative estimate of drug-likeness (QED) is 0.656. The maximum atomic E-state index is 12.1. The van der Waals surface area contributed by atoms with E-state index < -0.39 is 5.54 Å². The number of rotatable bonds is 9. The van der Waals surface area contributed by atoms with Crippen LogP contribution < -0.4 is 5.32 Å². The highest BCUT2D eigenvalue weighted by Gasteiger charge is 2.36. The number of carbonyl (C=O) groups excluding carboxylic acids is 1. The lowest BCUT2D eigenvalue weighted by atomic mass is 9.93. The summed E-state index contributed by atoms with van der Waals surface area (Å²) in [6.45, 7) is 15.1. The van der Waals surface area contributed by atoms with Crippen molar-refractivity contribution in [3.05, 3.63) is 0 Å². The molecule has 0 heterocycles. The first-order valence-corrected chi connectivity index (χ1v) is 7.27. The summed E-state index contributed by atoms with van der Waals surface area (Å²) in [7, 11) is 0. The zero-order valence-corrected chi connectivity index (χ0v) is 13.6. The average Bonchev–Trinajstić information content (AvgIpc) is 2.25. The first-order valence-electron chi connectivity index (χ1n) is 7.27. The van der Waals surface area contributed by atoms with Crippen molar-refractivity contribution in [2.45, 2.75) is 72.6 Å². The molecule has 19 heavy (non-hydrogen) atoms. The summed E-state index contributed by atoms with van der Waals surface area (Å²) in [5.41, 5.74) is -0.694. The standard InChI is InChI=1S/C15H31NO3/c1-8-18-14(17)15(7,16-12(4)5)9-13(6)19-10-11(2)3/h11-13,16H,8-10H2,1-7H3. The Kier molecular flexibility index (Phi) is 8.26. The number of hydrogen-bond donors (Lipinski definition) is 1. The first-order chi connectivity index (χ1) is 8.71. The molecule has 1 N–H and O–H groups in total. The fourth-order valence-corrected chi connectivity index (χ4v) is 2.12. The monoisotopic (exact) mass is 273 g/mol. The molecule has 4 heteroatoms. The Morgan fingerprint density at radius 2 is 1.79 bits per heavy atom. The SMILES string of the molecule is CCOC(=O)C(C)(CC(C)OCC(C)C)NC(C)C. The molecule has 0 aromatic carbocycles. The molecule has 0 aliphatic carbocycles. The van der Waals surface area contributed by atoms with Gasteiger partial charge >= 0.3 is 5.97 Å². The van der Waals surface area contributed by atoms with Gasteiger partial charge in [-0.3, -0.25) is 10.1 Å². The maximum absolute atomic E-state index is 12.1. The zero-order valence-electron chi connectivity index (χ0n) is 13.6. The van der Waals surface area contributed by atoms with Crippen molar-refractivity contribution in [1.82, 2.24) is 5.32 Å². The van der Waals surface area contributed by atoms with Crippen LogP contribution in [0.15, 0.2) is 0 Å². The minimum absolute atomic E-state index is 0.0167. The smallest absolute Gasteiger partial charge is 0.326 e. The molecule has 0 radical (unpaired) electrons. The number of ether oxygens (including phenoxy) is 2. The largest absolute Gasteiger partial charge is 0.465 e. The van der Waals surface area contributed by atoms with Crippen LogP contribution >= 0.6 is 0 Å². The normalized spacial score (nSPS) is 16.5. The number of hydrogen-bond acceptors (Lipinski definition) is 4. The molecule has 114 valence electrons. The van der Waals surface area contributed by atoms with Gasteiger partial charge in [0.2, 0.25) is 0 Å². The van der Waals surface area contributed by atoms with Crippen molar-refractivity contribution in [2.24, 2.45) is 5.92 Å². The molecule has 0 amide bonds. The first kappa shape index (κ1) is 18.4. The number of carbonyl (C=O) groups is 1. The van der Waals surface area contributed by atoms with Gasteiger partial charge in [-0.15, -0.1) is 0 Å². The summed E-state index contributed by atoms with van der Waals surface area (Å²) >= 11 is 0. The van der Waals surface area contributed by atoms with Gasteiger partial charge in [0, 0.05) is 19.1 Å². The van der Waals surface area contributed by atoms with E-state index in [0.717, 1.165) is 0 Å². The molecule has 0 aliphatic heterocycles. The van der Waals surface area contributed by atoms with Crippen molar-refractivity contribution >= 4 is 5.97 Å². The third kappa shape index (κ3) is 7.53. The van der Waals surface area contributed by atoms with Crippen molar-refractivity contribution in [1.29, 1.82) is 0 Å². The van der Waals surface area contributed by atoms with E-state index in [1.165, 1.54) is 0 Å². The average molecular weight is 273 g/mol. The van der Waals surface area contributed by atoms with Crippen LogP contribution in [0.2, 0.25) is 0 Å². The predicted octanol–water partition coefficient (Wildman–Crippen LogP) is 2.76. The van der Waals surface area contributed by atoms with Crippen molar-refractivity contribution in [3.8, 4) is 0 Å². The van der Waals surface area contributed by atoms with E-state index in [2.05, 4.69) is 19.2 Å². The molecule has 0 aromatic heterocycles. The highest BCUT2D eigenvalue weighted by Crippen LogP contribution is 2.18. The highest BCUT2D eigenvalue weighted by molar-refractivity contribution is 5.80. The minimum atomic E-state index is -0.694. The van der Waals surface area contributed by atoms with Gasteiger partial charge in [-0.05, 0) is 40.5 Å². The van der Waals surface area contributed by atoms with Crippen LogP contribution in [0.25, 0.3) is 0 Å². The van der Waals surface area contributed by atoms with Crippen molar-refractivity contribution in [2.75, 3.05) is 13.2 Å². The second-order valence-corrected chi connectivity index (χ2v) is 6.09. The van der Waals surface area contributed by atoms with E-state index in [1.807, 2.05) is 34.6 Å². The molecule has 0 aliphatic rings. The molecule has 2 unspecified atom stereocenters. The third-order valence-corrected chi connectivity index (χ3v) is 2.74. The van der Waals surface area contributed by atoms with E-state index >= 15 is 0 Å². The molecule has 0 bridgehead atoms. The van der Waals surface area contributed by atoms with Crippen LogP contribution in [0.3, 0.4) is 0 Å². The van der Waals surface area contributed by atoms with Gasteiger partial charge in [-0.2, -0.15) is 0 Å². The highest BCUT2D eigenvalue weighted by atomic mass is 16.5. The van der Waals surface area contributed by atoms with E-state index in [4.69, 9.17) is 9.47 Å². The lowest BCUT2D eigenvalue weighted by molar-refractivity contribution is -0.152. The van der Waals surface area contributed by atoms with Gasteiger partial charge in [0.25, 0.3) is 0 Å². The fourth-order valence-electron chi connectivity index (χ4n) is 2.12. The Morgan fingerprint density at radius 3 is 2.21 bits per heavy atom. The molecule has 0 rings (SSSR count). The van der Waals surface area contributed by atoms with Crippen LogP contribution in [0.1, 0.15) is 54.9 Å². The molecule has 2 atom stereocenters. The molecular weight excluding hydrogens is 242 g/mol. The van der Waals surface area contributed by atoms with Crippen LogP contribution in [0.4, 0.5) is 0 Å². The van der Waals surface area contributed by atoms with Gasteiger partial charge in [0.05, 0.1) is 12.7 Å². The summed E-state index contributed by atoms with van der Waals surface area (Å²) in [5.74, 6) is 0.290. The molecule has 0 saturated carbocycles. The Balaban J connectivity index is 4.61. The molecule has 4 nitrogen and oxygen atoms in total. The predicted molar refractivity (Wildman–Crippen MR) is 78.2 cm³/mol. The van der Waals surface area contributed by atoms with E-state index in [0.29, 0.717) is 25.6 Å².